The molecule has 0 aliphatic carbocycles. The zero-order valence-electron chi connectivity index (χ0n) is 11.5. The Morgan fingerprint density at radius 3 is 2.90 bits per heavy atom. The molecule has 0 saturated carbocycles. The average molecular weight is 283 g/mol. The maximum Gasteiger partial charge on any atom is 0.256 e. The number of nitrogens with zero attached hydrogens (tertiary/aromatic N) is 2. The molecule has 106 valence electrons. The number of carbonyl (C=O) groups excluding carboxylic acids is 1. The van der Waals surface area contributed by atoms with E-state index >= 15 is 0 Å². The van der Waals surface area contributed by atoms with Crippen LogP contribution in [0.5, 0.6) is 0 Å². The topological polar surface area (TPSA) is 49.0 Å². The Hall–Kier alpha value is -2.69. The summed E-state index contributed by atoms with van der Waals surface area (Å²) in [7, 11) is 1.70. The summed E-state index contributed by atoms with van der Waals surface area (Å²) in [6.45, 7) is 0.348. The van der Waals surface area contributed by atoms with Crippen LogP contribution in [0.2, 0.25) is 0 Å². The molecule has 0 fully saturated rings. The number of para-hydroxylation sites is 1. The summed E-state index contributed by atoms with van der Waals surface area (Å²) in [6, 6.07) is 11.7. The number of hydrogen-bond acceptors (Lipinski definition) is 2. The summed E-state index contributed by atoms with van der Waals surface area (Å²) in [6.07, 6.45) is 1.68. The second-order valence-corrected chi connectivity index (χ2v) is 4.93. The van der Waals surface area contributed by atoms with Gasteiger partial charge in [0.2, 0.25) is 0 Å². The van der Waals surface area contributed by atoms with Gasteiger partial charge in [0, 0.05) is 19.0 Å². The second-order valence-electron chi connectivity index (χ2n) is 4.93. The molecule has 3 rings (SSSR count). The summed E-state index contributed by atoms with van der Waals surface area (Å²) in [5.74, 6) is -0.432. The molecule has 1 N–H and O–H groups in total. The standard InChI is InChI=1S/C16H14FN3O/c1-20(10-11-4-2-6-13(17)8-11)16(21)14-7-3-5-12-9-18-19-15(12)14/h2-9H,10H2,1H3,(H,18,19). The molecule has 0 atom stereocenters. The number of benzene rings is 2. The van der Waals surface area contributed by atoms with Crippen molar-refractivity contribution in [2.45, 2.75) is 6.54 Å². The smallest absolute Gasteiger partial charge is 0.256 e. The molecule has 3 aromatic rings. The number of aromatic amines is 1. The van der Waals surface area contributed by atoms with Crippen molar-refractivity contribution in [2.75, 3.05) is 7.05 Å². The molecule has 0 aliphatic rings. The largest absolute Gasteiger partial charge is 0.337 e. The van der Waals surface area contributed by atoms with Gasteiger partial charge >= 0.3 is 0 Å². The lowest BCUT2D eigenvalue weighted by Gasteiger charge is -2.17. The SMILES string of the molecule is CN(Cc1cccc(F)c1)C(=O)c1cccc2cn[nH]c12. The molecular weight excluding hydrogens is 269 g/mol. The number of fused-ring (bicyclic) bond motifs is 1. The second kappa shape index (κ2) is 5.36. The third-order valence-corrected chi connectivity index (χ3v) is 3.36. The van der Waals surface area contributed by atoms with Crippen LogP contribution in [0.1, 0.15) is 15.9 Å². The van der Waals surface area contributed by atoms with Crippen molar-refractivity contribution in [2.24, 2.45) is 0 Å². The van der Waals surface area contributed by atoms with Crippen molar-refractivity contribution in [1.29, 1.82) is 0 Å². The molecule has 0 radical (unpaired) electrons. The molecule has 0 bridgehead atoms. The van der Waals surface area contributed by atoms with E-state index in [4.69, 9.17) is 0 Å². The maximum absolute atomic E-state index is 13.2. The summed E-state index contributed by atoms with van der Waals surface area (Å²) in [5, 5.41) is 7.68. The van der Waals surface area contributed by atoms with E-state index in [2.05, 4.69) is 10.2 Å². The Bertz CT molecular complexity index is 797. The van der Waals surface area contributed by atoms with Crippen molar-refractivity contribution in [3.63, 3.8) is 0 Å². The van der Waals surface area contributed by atoms with E-state index in [1.807, 2.05) is 12.1 Å². The van der Waals surface area contributed by atoms with Gasteiger partial charge in [-0.05, 0) is 23.8 Å². The van der Waals surface area contributed by atoms with Crippen LogP contribution in [0.25, 0.3) is 10.9 Å². The molecule has 4 nitrogen and oxygen atoms in total. The van der Waals surface area contributed by atoms with Crippen LogP contribution in [0.15, 0.2) is 48.7 Å². The fourth-order valence-electron chi connectivity index (χ4n) is 2.33. The number of H-pyrrole nitrogens is 1. The predicted octanol–water partition coefficient (Wildman–Crippen LogP) is 2.97. The monoisotopic (exact) mass is 283 g/mol. The van der Waals surface area contributed by atoms with Crippen LogP contribution >= 0.6 is 0 Å². The van der Waals surface area contributed by atoms with E-state index in [0.29, 0.717) is 17.6 Å². The molecule has 21 heavy (non-hydrogen) atoms. The molecule has 0 unspecified atom stereocenters. The highest BCUT2D eigenvalue weighted by atomic mass is 19.1. The molecular formula is C16H14FN3O. The Kier molecular flexibility index (Phi) is 3.39. The van der Waals surface area contributed by atoms with Gasteiger partial charge < -0.3 is 4.90 Å². The van der Waals surface area contributed by atoms with E-state index in [1.54, 1.807) is 36.3 Å². The number of carbonyl (C=O) groups is 1. The Balaban J connectivity index is 1.86. The third-order valence-electron chi connectivity index (χ3n) is 3.36. The first-order valence-electron chi connectivity index (χ1n) is 6.57. The lowest BCUT2D eigenvalue weighted by atomic mass is 10.1. The van der Waals surface area contributed by atoms with E-state index in [9.17, 15) is 9.18 Å². The van der Waals surface area contributed by atoms with Crippen molar-refractivity contribution in [3.8, 4) is 0 Å². The van der Waals surface area contributed by atoms with Crippen LogP contribution in [-0.2, 0) is 6.54 Å². The Morgan fingerprint density at radius 1 is 1.29 bits per heavy atom. The molecule has 1 aromatic heterocycles. The highest BCUT2D eigenvalue weighted by Gasteiger charge is 2.16. The van der Waals surface area contributed by atoms with E-state index < -0.39 is 0 Å². The number of aromatic nitrogens is 2. The number of halogens is 1. The van der Waals surface area contributed by atoms with E-state index in [0.717, 1.165) is 10.9 Å². The number of amides is 1. The van der Waals surface area contributed by atoms with Crippen LogP contribution in [0.4, 0.5) is 4.39 Å². The van der Waals surface area contributed by atoms with Gasteiger partial charge in [-0.1, -0.05) is 24.3 Å². The molecule has 0 saturated heterocycles. The first-order valence-corrected chi connectivity index (χ1v) is 6.57. The van der Waals surface area contributed by atoms with Gasteiger partial charge in [-0.3, -0.25) is 9.89 Å². The molecule has 5 heteroatoms. The van der Waals surface area contributed by atoms with Crippen molar-refractivity contribution in [3.05, 3.63) is 65.6 Å². The van der Waals surface area contributed by atoms with Crippen LogP contribution in [-0.4, -0.2) is 28.1 Å². The summed E-state index contributed by atoms with van der Waals surface area (Å²) < 4.78 is 13.2. The van der Waals surface area contributed by atoms with Gasteiger partial charge in [0.15, 0.2) is 0 Å². The summed E-state index contributed by atoms with van der Waals surface area (Å²) >= 11 is 0. The first kappa shape index (κ1) is 13.3. The van der Waals surface area contributed by atoms with Gasteiger partial charge in [-0.2, -0.15) is 5.10 Å². The number of nitrogens with one attached hydrogen (secondary N) is 1. The minimum Gasteiger partial charge on any atom is -0.337 e. The van der Waals surface area contributed by atoms with Crippen LogP contribution in [0.3, 0.4) is 0 Å². The van der Waals surface area contributed by atoms with Gasteiger partial charge in [0.05, 0.1) is 17.3 Å². The normalized spacial score (nSPS) is 10.8. The van der Waals surface area contributed by atoms with E-state index in [1.165, 1.54) is 12.1 Å². The zero-order valence-corrected chi connectivity index (χ0v) is 11.5. The molecule has 0 spiro atoms. The number of hydrogen-bond donors (Lipinski definition) is 1. The molecule has 2 aromatic carbocycles. The fraction of sp³-hybridized carbons (Fsp3) is 0.125. The lowest BCUT2D eigenvalue weighted by Crippen LogP contribution is -2.26. The maximum atomic E-state index is 13.2. The zero-order chi connectivity index (χ0) is 14.8. The predicted molar refractivity (Wildman–Crippen MR) is 78.3 cm³/mol. The van der Waals surface area contributed by atoms with Gasteiger partial charge in [-0.25, -0.2) is 4.39 Å². The fourth-order valence-corrected chi connectivity index (χ4v) is 2.33. The Morgan fingerprint density at radius 2 is 2.10 bits per heavy atom. The summed E-state index contributed by atoms with van der Waals surface area (Å²) in [5.41, 5.74) is 2.03. The van der Waals surface area contributed by atoms with Crippen molar-refractivity contribution < 1.29 is 9.18 Å². The van der Waals surface area contributed by atoms with E-state index in [-0.39, 0.29) is 11.7 Å². The minimum atomic E-state index is -0.302. The summed E-state index contributed by atoms with van der Waals surface area (Å²) in [4.78, 5) is 14.1. The van der Waals surface area contributed by atoms with Crippen LogP contribution in [0, 0.1) is 5.82 Å². The van der Waals surface area contributed by atoms with Gasteiger partial charge in [-0.15, -0.1) is 0 Å². The highest BCUT2D eigenvalue weighted by molar-refractivity contribution is 6.05. The minimum absolute atomic E-state index is 0.130. The van der Waals surface area contributed by atoms with Crippen molar-refractivity contribution >= 4 is 16.8 Å². The van der Waals surface area contributed by atoms with Crippen LogP contribution < -0.4 is 0 Å². The third kappa shape index (κ3) is 2.63. The highest BCUT2D eigenvalue weighted by Crippen LogP contribution is 2.18. The molecule has 0 aliphatic heterocycles. The van der Waals surface area contributed by atoms with Gasteiger partial charge in [0.25, 0.3) is 5.91 Å². The molecule has 1 heterocycles. The average Bonchev–Trinajstić information content (AvgIpc) is 2.94. The first-order chi connectivity index (χ1) is 10.1. The quantitative estimate of drug-likeness (QED) is 0.803. The Labute approximate surface area is 121 Å². The van der Waals surface area contributed by atoms with Gasteiger partial charge in [0.1, 0.15) is 5.82 Å². The lowest BCUT2D eigenvalue weighted by molar-refractivity contribution is 0.0786. The van der Waals surface area contributed by atoms with Crippen molar-refractivity contribution in [1.82, 2.24) is 15.1 Å². The number of rotatable bonds is 3. The molecule has 1 amide bonds.